The highest BCUT2D eigenvalue weighted by Crippen LogP contribution is 2.26. The molecule has 0 aliphatic heterocycles. The molecule has 0 fully saturated rings. The molecule has 0 unspecified atom stereocenters. The van der Waals surface area contributed by atoms with Crippen molar-refractivity contribution in [2.45, 2.75) is 18.7 Å². The number of hydrogen-bond acceptors (Lipinski definition) is 3. The van der Waals surface area contributed by atoms with Gasteiger partial charge in [-0.1, -0.05) is 26.0 Å². The van der Waals surface area contributed by atoms with Crippen LogP contribution in [0.2, 0.25) is 0 Å². The number of nitrogens with one attached hydrogen (secondary N) is 1. The zero-order chi connectivity index (χ0) is 12.0. The Morgan fingerprint density at radius 1 is 1.44 bits per heavy atom. The Balaban J connectivity index is 2.63. The first-order valence-corrected chi connectivity index (χ1v) is 6.32. The predicted octanol–water partition coefficient (Wildman–Crippen LogP) is 2.33. The highest BCUT2D eigenvalue weighted by atomic mass is 32.2. The van der Waals surface area contributed by atoms with Gasteiger partial charge in [0.15, 0.2) is 0 Å². The molecule has 0 atom stereocenters. The van der Waals surface area contributed by atoms with E-state index in [4.69, 9.17) is 5.73 Å². The number of primary amides is 1. The van der Waals surface area contributed by atoms with E-state index in [9.17, 15) is 4.79 Å². The number of anilines is 1. The standard InChI is InChI=1S/C12H18N2OS/c1-9(2)7-14-10-5-3-4-6-11(10)16-8-12(13)15/h3-6,9,14H,7-8H2,1-2H3,(H2,13,15). The van der Waals surface area contributed by atoms with Gasteiger partial charge in [0, 0.05) is 17.1 Å². The fourth-order valence-electron chi connectivity index (χ4n) is 1.20. The van der Waals surface area contributed by atoms with Crippen LogP contribution in [-0.2, 0) is 4.79 Å². The predicted molar refractivity (Wildman–Crippen MR) is 69.7 cm³/mol. The SMILES string of the molecule is CC(C)CNc1ccccc1SCC(N)=O. The molecule has 0 heterocycles. The van der Waals surface area contributed by atoms with E-state index in [1.807, 2.05) is 24.3 Å². The first-order valence-electron chi connectivity index (χ1n) is 5.33. The summed E-state index contributed by atoms with van der Waals surface area (Å²) in [4.78, 5) is 11.8. The maximum absolute atomic E-state index is 10.7. The van der Waals surface area contributed by atoms with Crippen molar-refractivity contribution in [2.75, 3.05) is 17.6 Å². The molecule has 0 spiro atoms. The minimum absolute atomic E-state index is 0.288. The van der Waals surface area contributed by atoms with Gasteiger partial charge >= 0.3 is 0 Å². The van der Waals surface area contributed by atoms with Gasteiger partial charge in [-0.2, -0.15) is 0 Å². The van der Waals surface area contributed by atoms with Gasteiger partial charge in [-0.15, -0.1) is 11.8 Å². The number of thioether (sulfide) groups is 1. The molecular formula is C12H18N2OS. The number of para-hydroxylation sites is 1. The van der Waals surface area contributed by atoms with Crippen molar-refractivity contribution in [1.29, 1.82) is 0 Å². The monoisotopic (exact) mass is 238 g/mol. The summed E-state index contributed by atoms with van der Waals surface area (Å²) in [6.07, 6.45) is 0. The number of rotatable bonds is 6. The average Bonchev–Trinajstić information content (AvgIpc) is 2.24. The number of benzene rings is 1. The normalized spacial score (nSPS) is 10.4. The van der Waals surface area contributed by atoms with E-state index in [0.29, 0.717) is 11.7 Å². The number of carbonyl (C=O) groups is 1. The third-order valence-electron chi connectivity index (χ3n) is 1.96. The smallest absolute Gasteiger partial charge is 0.227 e. The average molecular weight is 238 g/mol. The molecular weight excluding hydrogens is 220 g/mol. The molecule has 3 N–H and O–H groups in total. The van der Waals surface area contributed by atoms with Gasteiger partial charge in [0.2, 0.25) is 5.91 Å². The molecule has 16 heavy (non-hydrogen) atoms. The van der Waals surface area contributed by atoms with E-state index >= 15 is 0 Å². The summed E-state index contributed by atoms with van der Waals surface area (Å²) < 4.78 is 0. The Morgan fingerprint density at radius 3 is 2.75 bits per heavy atom. The van der Waals surface area contributed by atoms with Crippen LogP contribution in [0, 0.1) is 5.92 Å². The molecule has 4 heteroatoms. The first-order chi connectivity index (χ1) is 7.59. The van der Waals surface area contributed by atoms with E-state index in [1.165, 1.54) is 11.8 Å². The van der Waals surface area contributed by atoms with Gasteiger partial charge in [0.05, 0.1) is 5.75 Å². The lowest BCUT2D eigenvalue weighted by molar-refractivity contribution is -0.115. The van der Waals surface area contributed by atoms with Crippen molar-refractivity contribution >= 4 is 23.4 Å². The molecule has 1 aromatic rings. The quantitative estimate of drug-likeness (QED) is 0.748. The molecule has 0 saturated carbocycles. The fourth-order valence-corrected chi connectivity index (χ4v) is 1.97. The van der Waals surface area contributed by atoms with Gasteiger partial charge in [-0.3, -0.25) is 4.79 Å². The molecule has 88 valence electrons. The van der Waals surface area contributed by atoms with E-state index < -0.39 is 0 Å². The summed E-state index contributed by atoms with van der Waals surface area (Å²) >= 11 is 1.47. The second-order valence-electron chi connectivity index (χ2n) is 4.03. The second-order valence-corrected chi connectivity index (χ2v) is 5.04. The van der Waals surface area contributed by atoms with Crippen LogP contribution in [0.3, 0.4) is 0 Å². The summed E-state index contributed by atoms with van der Waals surface area (Å²) in [5, 5.41) is 3.36. The lowest BCUT2D eigenvalue weighted by Crippen LogP contribution is -2.13. The van der Waals surface area contributed by atoms with Crippen molar-refractivity contribution in [3.05, 3.63) is 24.3 Å². The van der Waals surface area contributed by atoms with Crippen LogP contribution in [-0.4, -0.2) is 18.2 Å². The second kappa shape index (κ2) is 6.43. The Kier molecular flexibility index (Phi) is 5.19. The molecule has 1 rings (SSSR count). The van der Waals surface area contributed by atoms with E-state index in [-0.39, 0.29) is 5.91 Å². The van der Waals surface area contributed by atoms with Gasteiger partial charge in [-0.05, 0) is 18.1 Å². The Labute approximate surface area is 101 Å². The molecule has 0 radical (unpaired) electrons. The summed E-state index contributed by atoms with van der Waals surface area (Å²) in [6.45, 7) is 5.24. The van der Waals surface area contributed by atoms with Crippen LogP contribution in [0.25, 0.3) is 0 Å². The summed E-state index contributed by atoms with van der Waals surface area (Å²) in [6, 6.07) is 7.96. The van der Waals surface area contributed by atoms with Crippen molar-refractivity contribution in [1.82, 2.24) is 0 Å². The van der Waals surface area contributed by atoms with E-state index in [0.717, 1.165) is 17.1 Å². The van der Waals surface area contributed by atoms with Crippen LogP contribution in [0.5, 0.6) is 0 Å². The maximum Gasteiger partial charge on any atom is 0.227 e. The molecule has 1 aromatic carbocycles. The molecule has 0 saturated heterocycles. The Morgan fingerprint density at radius 2 is 2.12 bits per heavy atom. The maximum atomic E-state index is 10.7. The summed E-state index contributed by atoms with van der Waals surface area (Å²) in [5.41, 5.74) is 6.20. The molecule has 0 aliphatic rings. The van der Waals surface area contributed by atoms with Crippen LogP contribution in [0.1, 0.15) is 13.8 Å². The van der Waals surface area contributed by atoms with Crippen molar-refractivity contribution in [2.24, 2.45) is 11.7 Å². The number of nitrogens with two attached hydrogens (primary N) is 1. The van der Waals surface area contributed by atoms with Crippen molar-refractivity contribution < 1.29 is 4.79 Å². The highest BCUT2D eigenvalue weighted by molar-refractivity contribution is 8.00. The summed E-state index contributed by atoms with van der Waals surface area (Å²) in [7, 11) is 0. The number of hydrogen-bond donors (Lipinski definition) is 2. The summed E-state index contributed by atoms with van der Waals surface area (Å²) in [5.74, 6) is 0.623. The number of amides is 1. The van der Waals surface area contributed by atoms with Crippen molar-refractivity contribution in [3.8, 4) is 0 Å². The van der Waals surface area contributed by atoms with Crippen LogP contribution in [0.4, 0.5) is 5.69 Å². The number of carbonyl (C=O) groups excluding carboxylic acids is 1. The molecule has 3 nitrogen and oxygen atoms in total. The minimum atomic E-state index is -0.288. The zero-order valence-corrected chi connectivity index (χ0v) is 10.5. The molecule has 0 aromatic heterocycles. The first kappa shape index (κ1) is 12.9. The highest BCUT2D eigenvalue weighted by Gasteiger charge is 2.04. The molecule has 1 amide bonds. The van der Waals surface area contributed by atoms with Crippen LogP contribution >= 0.6 is 11.8 Å². The topological polar surface area (TPSA) is 55.1 Å². The van der Waals surface area contributed by atoms with Crippen LogP contribution in [0.15, 0.2) is 29.2 Å². The van der Waals surface area contributed by atoms with Gasteiger partial charge < -0.3 is 11.1 Å². The molecule has 0 bridgehead atoms. The lowest BCUT2D eigenvalue weighted by Gasteiger charge is -2.12. The largest absolute Gasteiger partial charge is 0.384 e. The van der Waals surface area contributed by atoms with Crippen molar-refractivity contribution in [3.63, 3.8) is 0 Å². The van der Waals surface area contributed by atoms with Crippen LogP contribution < -0.4 is 11.1 Å². The molecule has 0 aliphatic carbocycles. The Hall–Kier alpha value is -1.16. The zero-order valence-electron chi connectivity index (χ0n) is 9.69. The van der Waals surface area contributed by atoms with Gasteiger partial charge in [-0.25, -0.2) is 0 Å². The third kappa shape index (κ3) is 4.57. The van der Waals surface area contributed by atoms with Gasteiger partial charge in [0.1, 0.15) is 0 Å². The minimum Gasteiger partial charge on any atom is -0.384 e. The van der Waals surface area contributed by atoms with E-state index in [2.05, 4.69) is 19.2 Å². The third-order valence-corrected chi connectivity index (χ3v) is 3.05. The Bertz CT molecular complexity index is 353. The fraction of sp³-hybridized carbons (Fsp3) is 0.417. The van der Waals surface area contributed by atoms with Gasteiger partial charge in [0.25, 0.3) is 0 Å². The lowest BCUT2D eigenvalue weighted by atomic mass is 10.2. The van der Waals surface area contributed by atoms with E-state index in [1.54, 1.807) is 0 Å².